The summed E-state index contributed by atoms with van der Waals surface area (Å²) in [4.78, 5) is 25.3. The number of hydrogen-bond acceptors (Lipinski definition) is 3. The molecule has 6 heteroatoms. The molecule has 104 valence electrons. The second-order valence-electron chi connectivity index (χ2n) is 4.01. The van der Waals surface area contributed by atoms with Gasteiger partial charge in [0.2, 0.25) is 5.91 Å². The number of carbonyl (C=O) groups excluding carboxylic acids is 2. The van der Waals surface area contributed by atoms with Crippen LogP contribution in [-0.2, 0) is 4.79 Å². The van der Waals surface area contributed by atoms with Crippen LogP contribution in [0.3, 0.4) is 0 Å². The molecule has 0 fully saturated rings. The number of amides is 2. The van der Waals surface area contributed by atoms with E-state index in [9.17, 15) is 9.59 Å². The van der Waals surface area contributed by atoms with Crippen molar-refractivity contribution in [3.8, 4) is 0 Å². The number of nitrogens with two attached hydrogens (primary N) is 1. The number of carbonyl (C=O) groups is 2. The number of anilines is 1. The molecule has 5 nitrogen and oxygen atoms in total. The van der Waals surface area contributed by atoms with Crippen LogP contribution >= 0.6 is 15.9 Å². The number of nitrogen functional groups attached to an aromatic ring is 1. The van der Waals surface area contributed by atoms with Crippen LogP contribution < -0.4 is 11.1 Å². The van der Waals surface area contributed by atoms with Crippen molar-refractivity contribution >= 4 is 33.4 Å². The van der Waals surface area contributed by atoms with E-state index in [1.165, 1.54) is 4.90 Å². The molecule has 0 spiro atoms. The van der Waals surface area contributed by atoms with E-state index in [0.717, 1.165) is 0 Å². The lowest BCUT2D eigenvalue weighted by molar-refractivity contribution is -0.121. The molecule has 0 heterocycles. The Kier molecular flexibility index (Phi) is 5.82. The maximum absolute atomic E-state index is 12.3. The molecule has 1 rings (SSSR count). The number of likely N-dealkylation sites (N-methyl/N-ethyl adjacent to an activating group) is 2. The summed E-state index contributed by atoms with van der Waals surface area (Å²) in [6.07, 6.45) is 0. The summed E-state index contributed by atoms with van der Waals surface area (Å²) in [5, 5.41) is 2.68. The second kappa shape index (κ2) is 7.13. The zero-order valence-electron chi connectivity index (χ0n) is 11.1. The zero-order valence-corrected chi connectivity index (χ0v) is 12.7. The molecule has 0 bridgehead atoms. The third-order valence-electron chi connectivity index (χ3n) is 2.62. The molecule has 2 amide bonds. The molecule has 0 saturated carbocycles. The van der Waals surface area contributed by atoms with Gasteiger partial charge in [-0.15, -0.1) is 0 Å². The molecule has 0 radical (unpaired) electrons. The molecule has 3 N–H and O–H groups in total. The van der Waals surface area contributed by atoms with E-state index in [4.69, 9.17) is 5.73 Å². The Morgan fingerprint density at radius 3 is 2.58 bits per heavy atom. The van der Waals surface area contributed by atoms with Gasteiger partial charge in [0.25, 0.3) is 5.91 Å². The lowest BCUT2D eigenvalue weighted by Crippen LogP contribution is -2.40. The fourth-order valence-electron chi connectivity index (χ4n) is 1.60. The van der Waals surface area contributed by atoms with Crippen LogP contribution in [0.5, 0.6) is 0 Å². The van der Waals surface area contributed by atoms with Gasteiger partial charge >= 0.3 is 0 Å². The first kappa shape index (κ1) is 15.5. The Morgan fingerprint density at radius 2 is 2.05 bits per heavy atom. The van der Waals surface area contributed by atoms with E-state index in [-0.39, 0.29) is 18.4 Å². The molecule has 1 aromatic carbocycles. The summed E-state index contributed by atoms with van der Waals surface area (Å²) in [5.41, 5.74) is 6.76. The van der Waals surface area contributed by atoms with Crippen LogP contribution in [0.15, 0.2) is 22.7 Å². The zero-order chi connectivity index (χ0) is 14.4. The maximum Gasteiger partial charge on any atom is 0.254 e. The molecule has 0 saturated heterocycles. The quantitative estimate of drug-likeness (QED) is 0.807. The number of rotatable bonds is 5. The Balaban J connectivity index is 2.83. The molecule has 0 unspecified atom stereocenters. The molecule has 0 aliphatic heterocycles. The van der Waals surface area contributed by atoms with Crippen LogP contribution in [0.4, 0.5) is 5.69 Å². The monoisotopic (exact) mass is 327 g/mol. The molecule has 0 aliphatic carbocycles. The summed E-state index contributed by atoms with van der Waals surface area (Å²) in [7, 11) is 0. The highest BCUT2D eigenvalue weighted by molar-refractivity contribution is 9.10. The van der Waals surface area contributed by atoms with Gasteiger partial charge in [0.05, 0.1) is 6.54 Å². The van der Waals surface area contributed by atoms with Crippen molar-refractivity contribution in [3.63, 3.8) is 0 Å². The maximum atomic E-state index is 12.3. The van der Waals surface area contributed by atoms with Gasteiger partial charge in [-0.05, 0) is 48.0 Å². The Bertz CT molecular complexity index is 477. The van der Waals surface area contributed by atoms with Gasteiger partial charge in [-0.2, -0.15) is 0 Å². The predicted molar refractivity (Wildman–Crippen MR) is 78.8 cm³/mol. The molecular weight excluding hydrogens is 310 g/mol. The van der Waals surface area contributed by atoms with Crippen molar-refractivity contribution in [2.45, 2.75) is 13.8 Å². The van der Waals surface area contributed by atoms with Crippen molar-refractivity contribution in [1.29, 1.82) is 0 Å². The summed E-state index contributed by atoms with van der Waals surface area (Å²) in [6, 6.07) is 4.98. The molecular formula is C13H18BrN3O2. The van der Waals surface area contributed by atoms with Crippen LogP contribution in [0.25, 0.3) is 0 Å². The van der Waals surface area contributed by atoms with Gasteiger partial charge in [-0.25, -0.2) is 0 Å². The Hall–Kier alpha value is -1.56. The lowest BCUT2D eigenvalue weighted by atomic mass is 10.2. The molecule has 19 heavy (non-hydrogen) atoms. The fourth-order valence-corrected chi connectivity index (χ4v) is 1.98. The summed E-state index contributed by atoms with van der Waals surface area (Å²) >= 11 is 3.29. The third kappa shape index (κ3) is 4.24. The van der Waals surface area contributed by atoms with E-state index in [0.29, 0.717) is 28.8 Å². The average molecular weight is 328 g/mol. The first-order valence-electron chi connectivity index (χ1n) is 6.10. The third-order valence-corrected chi connectivity index (χ3v) is 3.31. The SMILES string of the molecule is CCNC(=O)CN(CC)C(=O)c1ccc(N)c(Br)c1. The van der Waals surface area contributed by atoms with Gasteiger partial charge in [0.15, 0.2) is 0 Å². The number of halogens is 1. The minimum Gasteiger partial charge on any atom is -0.398 e. The lowest BCUT2D eigenvalue weighted by Gasteiger charge is -2.20. The standard InChI is InChI=1S/C13H18BrN3O2/c1-3-16-12(18)8-17(4-2)13(19)9-5-6-11(15)10(14)7-9/h5-7H,3-4,8,15H2,1-2H3,(H,16,18). The van der Waals surface area contributed by atoms with Crippen LogP contribution in [-0.4, -0.2) is 36.3 Å². The molecule has 0 aliphatic rings. The molecule has 0 atom stereocenters. The van der Waals surface area contributed by atoms with E-state index in [1.54, 1.807) is 18.2 Å². The van der Waals surface area contributed by atoms with E-state index in [1.807, 2.05) is 13.8 Å². The number of nitrogens with one attached hydrogen (secondary N) is 1. The Morgan fingerprint density at radius 1 is 1.37 bits per heavy atom. The number of nitrogens with zero attached hydrogens (tertiary/aromatic N) is 1. The molecule has 1 aromatic rings. The first-order valence-corrected chi connectivity index (χ1v) is 6.89. The van der Waals surface area contributed by atoms with Gasteiger partial charge in [-0.3, -0.25) is 9.59 Å². The van der Waals surface area contributed by atoms with Crippen molar-refractivity contribution in [1.82, 2.24) is 10.2 Å². The predicted octanol–water partition coefficient (Wildman–Crippen LogP) is 1.63. The van der Waals surface area contributed by atoms with E-state index in [2.05, 4.69) is 21.2 Å². The summed E-state index contributed by atoms with van der Waals surface area (Å²) in [5.74, 6) is -0.346. The van der Waals surface area contributed by atoms with Gasteiger partial charge in [0.1, 0.15) is 0 Å². The van der Waals surface area contributed by atoms with E-state index >= 15 is 0 Å². The van der Waals surface area contributed by atoms with Gasteiger partial charge in [-0.1, -0.05) is 0 Å². The number of hydrogen-bond donors (Lipinski definition) is 2. The minimum atomic E-state index is -0.186. The topological polar surface area (TPSA) is 75.4 Å². The van der Waals surface area contributed by atoms with Gasteiger partial charge in [0, 0.05) is 28.8 Å². The average Bonchev–Trinajstić information content (AvgIpc) is 2.38. The van der Waals surface area contributed by atoms with Gasteiger partial charge < -0.3 is 16.0 Å². The van der Waals surface area contributed by atoms with Crippen molar-refractivity contribution in [2.24, 2.45) is 0 Å². The first-order chi connectivity index (χ1) is 8.99. The van der Waals surface area contributed by atoms with Crippen molar-refractivity contribution < 1.29 is 9.59 Å². The van der Waals surface area contributed by atoms with Crippen LogP contribution in [0.2, 0.25) is 0 Å². The summed E-state index contributed by atoms with van der Waals surface area (Å²) < 4.78 is 0.674. The highest BCUT2D eigenvalue weighted by Gasteiger charge is 2.17. The molecule has 0 aromatic heterocycles. The van der Waals surface area contributed by atoms with E-state index < -0.39 is 0 Å². The summed E-state index contributed by atoms with van der Waals surface area (Å²) in [6.45, 7) is 4.76. The smallest absolute Gasteiger partial charge is 0.254 e. The largest absolute Gasteiger partial charge is 0.398 e. The Labute approximate surface area is 121 Å². The van der Waals surface area contributed by atoms with Crippen molar-refractivity contribution in [2.75, 3.05) is 25.4 Å². The van der Waals surface area contributed by atoms with Crippen LogP contribution in [0, 0.1) is 0 Å². The highest BCUT2D eigenvalue weighted by Crippen LogP contribution is 2.21. The van der Waals surface area contributed by atoms with Crippen molar-refractivity contribution in [3.05, 3.63) is 28.2 Å². The fraction of sp³-hybridized carbons (Fsp3) is 0.385. The highest BCUT2D eigenvalue weighted by atomic mass is 79.9. The van der Waals surface area contributed by atoms with Crippen LogP contribution in [0.1, 0.15) is 24.2 Å². The minimum absolute atomic E-state index is 0.0607. The normalized spacial score (nSPS) is 10.1. The second-order valence-corrected chi connectivity index (χ2v) is 4.86. The number of benzene rings is 1.